The topological polar surface area (TPSA) is 29.3 Å². The first kappa shape index (κ1) is 10.3. The maximum atomic E-state index is 5.80. The predicted molar refractivity (Wildman–Crippen MR) is 66.1 cm³/mol. The maximum absolute atomic E-state index is 5.80. The first-order chi connectivity index (χ1) is 7.88. The molecule has 1 aromatic rings. The molecule has 0 bridgehead atoms. The molecular formula is C14H20N2. The van der Waals surface area contributed by atoms with Gasteiger partial charge in [-0.1, -0.05) is 24.3 Å². The SMILES string of the molecule is NCC1CCC1N1CCc2ccccc2C1. The molecule has 2 N–H and O–H groups in total. The van der Waals surface area contributed by atoms with Crippen LogP contribution in [0.5, 0.6) is 0 Å². The summed E-state index contributed by atoms with van der Waals surface area (Å²) < 4.78 is 0. The Balaban J connectivity index is 1.73. The minimum Gasteiger partial charge on any atom is -0.330 e. The molecule has 0 saturated heterocycles. The van der Waals surface area contributed by atoms with Gasteiger partial charge in [-0.2, -0.15) is 0 Å². The molecule has 0 aromatic heterocycles. The lowest BCUT2D eigenvalue weighted by atomic mass is 9.77. The number of hydrogen-bond donors (Lipinski definition) is 1. The van der Waals surface area contributed by atoms with Crippen molar-refractivity contribution in [3.63, 3.8) is 0 Å². The van der Waals surface area contributed by atoms with Gasteiger partial charge in [0.2, 0.25) is 0 Å². The van der Waals surface area contributed by atoms with Crippen LogP contribution in [0.4, 0.5) is 0 Å². The quantitative estimate of drug-likeness (QED) is 0.816. The van der Waals surface area contributed by atoms with E-state index in [1.807, 2.05) is 0 Å². The van der Waals surface area contributed by atoms with E-state index in [9.17, 15) is 0 Å². The average molecular weight is 216 g/mol. The van der Waals surface area contributed by atoms with Crippen molar-refractivity contribution in [2.75, 3.05) is 13.1 Å². The Labute approximate surface area is 97.4 Å². The molecule has 86 valence electrons. The van der Waals surface area contributed by atoms with Crippen LogP contribution < -0.4 is 5.73 Å². The Bertz CT molecular complexity index is 373. The van der Waals surface area contributed by atoms with Crippen LogP contribution in [-0.4, -0.2) is 24.0 Å². The van der Waals surface area contributed by atoms with Crippen molar-refractivity contribution in [1.82, 2.24) is 4.90 Å². The highest BCUT2D eigenvalue weighted by Crippen LogP contribution is 2.34. The lowest BCUT2D eigenvalue weighted by molar-refractivity contribution is 0.0557. The first-order valence-electron chi connectivity index (χ1n) is 6.39. The fourth-order valence-corrected chi connectivity index (χ4v) is 3.11. The summed E-state index contributed by atoms with van der Waals surface area (Å²) in [6, 6.07) is 9.62. The molecule has 2 unspecified atom stereocenters. The molecule has 2 nitrogen and oxygen atoms in total. The zero-order valence-electron chi connectivity index (χ0n) is 9.73. The zero-order chi connectivity index (χ0) is 11.0. The fourth-order valence-electron chi connectivity index (χ4n) is 3.11. The van der Waals surface area contributed by atoms with E-state index in [0.717, 1.165) is 25.0 Å². The third-order valence-electron chi connectivity index (χ3n) is 4.31. The Kier molecular flexibility index (Phi) is 2.70. The lowest BCUT2D eigenvalue weighted by Gasteiger charge is -2.46. The van der Waals surface area contributed by atoms with Crippen LogP contribution >= 0.6 is 0 Å². The molecular weight excluding hydrogens is 196 g/mol. The van der Waals surface area contributed by atoms with Crippen LogP contribution in [0.25, 0.3) is 0 Å². The summed E-state index contributed by atoms with van der Waals surface area (Å²) in [4.78, 5) is 2.64. The molecule has 0 radical (unpaired) electrons. The average Bonchev–Trinajstić information content (AvgIpc) is 2.28. The van der Waals surface area contributed by atoms with Crippen LogP contribution in [0, 0.1) is 5.92 Å². The molecule has 2 atom stereocenters. The summed E-state index contributed by atoms with van der Waals surface area (Å²) in [5.74, 6) is 0.755. The van der Waals surface area contributed by atoms with Crippen molar-refractivity contribution >= 4 is 0 Å². The number of hydrogen-bond acceptors (Lipinski definition) is 2. The molecule has 3 rings (SSSR count). The monoisotopic (exact) mass is 216 g/mol. The standard InChI is InChI=1S/C14H20N2/c15-9-12-5-6-14(12)16-8-7-11-3-1-2-4-13(11)10-16/h1-4,12,14H,5-10,15H2. The van der Waals surface area contributed by atoms with Crippen LogP contribution in [-0.2, 0) is 13.0 Å². The van der Waals surface area contributed by atoms with Gasteiger partial charge in [-0.25, -0.2) is 0 Å². The summed E-state index contributed by atoms with van der Waals surface area (Å²) in [7, 11) is 0. The third kappa shape index (κ3) is 1.66. The number of benzene rings is 1. The molecule has 1 saturated carbocycles. The highest BCUT2D eigenvalue weighted by atomic mass is 15.2. The second-order valence-electron chi connectivity index (χ2n) is 5.13. The maximum Gasteiger partial charge on any atom is 0.0239 e. The van der Waals surface area contributed by atoms with Crippen molar-refractivity contribution in [2.45, 2.75) is 31.8 Å². The van der Waals surface area contributed by atoms with Gasteiger partial charge in [0.05, 0.1) is 0 Å². The lowest BCUT2D eigenvalue weighted by Crippen LogP contribution is -2.51. The first-order valence-corrected chi connectivity index (χ1v) is 6.39. The van der Waals surface area contributed by atoms with Crippen molar-refractivity contribution in [2.24, 2.45) is 11.7 Å². The number of fused-ring (bicyclic) bond motifs is 1. The van der Waals surface area contributed by atoms with E-state index in [2.05, 4.69) is 29.2 Å². The summed E-state index contributed by atoms with van der Waals surface area (Å²) in [5, 5.41) is 0. The number of nitrogens with zero attached hydrogens (tertiary/aromatic N) is 1. The Hall–Kier alpha value is -0.860. The molecule has 1 aliphatic heterocycles. The van der Waals surface area contributed by atoms with Crippen molar-refractivity contribution in [3.8, 4) is 0 Å². The van der Waals surface area contributed by atoms with E-state index in [-0.39, 0.29) is 0 Å². The predicted octanol–water partition coefficient (Wildman–Crippen LogP) is 1.78. The Morgan fingerprint density at radius 2 is 2.00 bits per heavy atom. The van der Waals surface area contributed by atoms with Crippen molar-refractivity contribution in [3.05, 3.63) is 35.4 Å². The van der Waals surface area contributed by atoms with Crippen LogP contribution in [0.2, 0.25) is 0 Å². The smallest absolute Gasteiger partial charge is 0.0239 e. The fraction of sp³-hybridized carbons (Fsp3) is 0.571. The van der Waals surface area contributed by atoms with E-state index in [0.29, 0.717) is 0 Å². The van der Waals surface area contributed by atoms with Crippen LogP contribution in [0.3, 0.4) is 0 Å². The molecule has 2 heteroatoms. The van der Waals surface area contributed by atoms with Gasteiger partial charge in [-0.15, -0.1) is 0 Å². The summed E-state index contributed by atoms with van der Waals surface area (Å²) in [6.07, 6.45) is 3.90. The van der Waals surface area contributed by atoms with Gasteiger partial charge in [0.15, 0.2) is 0 Å². The van der Waals surface area contributed by atoms with Gasteiger partial charge in [0, 0.05) is 19.1 Å². The molecule has 1 heterocycles. The highest BCUT2D eigenvalue weighted by Gasteiger charge is 2.35. The number of nitrogens with two attached hydrogens (primary N) is 1. The summed E-state index contributed by atoms with van der Waals surface area (Å²) >= 11 is 0. The minimum atomic E-state index is 0.755. The Morgan fingerprint density at radius 1 is 1.19 bits per heavy atom. The Morgan fingerprint density at radius 3 is 2.69 bits per heavy atom. The van der Waals surface area contributed by atoms with Crippen molar-refractivity contribution < 1.29 is 0 Å². The van der Waals surface area contributed by atoms with Gasteiger partial charge in [-0.3, -0.25) is 4.90 Å². The number of rotatable bonds is 2. The molecule has 0 spiro atoms. The van der Waals surface area contributed by atoms with E-state index < -0.39 is 0 Å². The van der Waals surface area contributed by atoms with Gasteiger partial charge >= 0.3 is 0 Å². The molecule has 1 fully saturated rings. The van der Waals surface area contributed by atoms with Gasteiger partial charge in [0.25, 0.3) is 0 Å². The highest BCUT2D eigenvalue weighted by molar-refractivity contribution is 5.29. The van der Waals surface area contributed by atoms with E-state index >= 15 is 0 Å². The van der Waals surface area contributed by atoms with Crippen molar-refractivity contribution in [1.29, 1.82) is 0 Å². The minimum absolute atomic E-state index is 0.755. The molecule has 16 heavy (non-hydrogen) atoms. The second-order valence-corrected chi connectivity index (χ2v) is 5.13. The zero-order valence-corrected chi connectivity index (χ0v) is 9.73. The molecule has 0 amide bonds. The van der Waals surface area contributed by atoms with Crippen LogP contribution in [0.15, 0.2) is 24.3 Å². The van der Waals surface area contributed by atoms with Gasteiger partial charge in [0.1, 0.15) is 0 Å². The van der Waals surface area contributed by atoms with E-state index in [4.69, 9.17) is 5.73 Å². The second kappa shape index (κ2) is 4.19. The largest absolute Gasteiger partial charge is 0.330 e. The normalized spacial score (nSPS) is 29.6. The van der Waals surface area contributed by atoms with E-state index in [1.54, 1.807) is 5.56 Å². The third-order valence-corrected chi connectivity index (χ3v) is 4.31. The molecule has 1 aliphatic carbocycles. The van der Waals surface area contributed by atoms with E-state index in [1.165, 1.54) is 31.4 Å². The summed E-state index contributed by atoms with van der Waals surface area (Å²) in [5.41, 5.74) is 8.87. The van der Waals surface area contributed by atoms with Gasteiger partial charge < -0.3 is 5.73 Å². The summed E-state index contributed by atoms with van der Waals surface area (Å²) in [6.45, 7) is 3.22. The molecule has 1 aromatic carbocycles. The van der Waals surface area contributed by atoms with Gasteiger partial charge in [-0.05, 0) is 42.9 Å². The molecule has 2 aliphatic rings. The van der Waals surface area contributed by atoms with Crippen LogP contribution in [0.1, 0.15) is 24.0 Å².